The van der Waals surface area contributed by atoms with E-state index in [0.717, 1.165) is 38.8 Å². The van der Waals surface area contributed by atoms with Gasteiger partial charge >= 0.3 is 0 Å². The van der Waals surface area contributed by atoms with Crippen LogP contribution in [-0.4, -0.2) is 60.4 Å². The molecule has 0 saturated heterocycles. The van der Waals surface area contributed by atoms with E-state index in [1.165, 1.54) is 24.6 Å². The van der Waals surface area contributed by atoms with Crippen LogP contribution in [0.25, 0.3) is 0 Å². The van der Waals surface area contributed by atoms with Gasteiger partial charge in [0.1, 0.15) is 5.82 Å². The summed E-state index contributed by atoms with van der Waals surface area (Å²) in [7, 11) is 1.92. The number of nitrogens with zero attached hydrogens (tertiary/aromatic N) is 2. The SMILES string of the molecule is CCCN(CCC(C)CNC(=O)c1cc(F)cc(Cl)c1)CC(=O)N(C)C1(C)CCC1. The molecule has 1 aromatic rings. The van der Waals surface area contributed by atoms with Crippen LogP contribution in [-0.2, 0) is 4.79 Å². The number of likely N-dealkylation sites (N-methyl/N-ethyl adjacent to an activating group) is 1. The Kier molecular flexibility index (Phi) is 9.10. The molecule has 2 rings (SSSR count). The lowest BCUT2D eigenvalue weighted by molar-refractivity contribution is -0.139. The third kappa shape index (κ3) is 6.95. The average molecular weight is 440 g/mol. The van der Waals surface area contributed by atoms with E-state index in [0.29, 0.717) is 13.1 Å². The predicted octanol–water partition coefficient (Wildman–Crippen LogP) is 4.35. The van der Waals surface area contributed by atoms with Crippen LogP contribution in [0.15, 0.2) is 18.2 Å². The third-order valence-corrected chi connectivity index (χ3v) is 6.41. The summed E-state index contributed by atoms with van der Waals surface area (Å²) in [5.41, 5.74) is 0.240. The van der Waals surface area contributed by atoms with Gasteiger partial charge in [-0.2, -0.15) is 0 Å². The molecule has 5 nitrogen and oxygen atoms in total. The van der Waals surface area contributed by atoms with Gasteiger partial charge in [0, 0.05) is 29.7 Å². The molecule has 1 N–H and O–H groups in total. The van der Waals surface area contributed by atoms with Gasteiger partial charge in [-0.1, -0.05) is 25.4 Å². The first-order valence-electron chi connectivity index (χ1n) is 10.9. The largest absolute Gasteiger partial charge is 0.352 e. The zero-order chi connectivity index (χ0) is 22.3. The Morgan fingerprint density at radius 3 is 2.53 bits per heavy atom. The van der Waals surface area contributed by atoms with E-state index in [1.807, 2.05) is 11.9 Å². The van der Waals surface area contributed by atoms with Gasteiger partial charge in [-0.3, -0.25) is 14.5 Å². The van der Waals surface area contributed by atoms with Crippen LogP contribution in [0, 0.1) is 11.7 Å². The number of benzene rings is 1. The summed E-state index contributed by atoms with van der Waals surface area (Å²) in [4.78, 5) is 29.1. The van der Waals surface area contributed by atoms with E-state index in [2.05, 4.69) is 31.0 Å². The first-order valence-corrected chi connectivity index (χ1v) is 11.3. The van der Waals surface area contributed by atoms with Crippen molar-refractivity contribution in [2.24, 2.45) is 5.92 Å². The third-order valence-electron chi connectivity index (χ3n) is 6.19. The minimum Gasteiger partial charge on any atom is -0.352 e. The normalized spacial score (nSPS) is 16.1. The highest BCUT2D eigenvalue weighted by Crippen LogP contribution is 2.36. The van der Waals surface area contributed by atoms with Crippen molar-refractivity contribution in [1.82, 2.24) is 15.1 Å². The van der Waals surface area contributed by atoms with Gasteiger partial charge in [0.05, 0.1) is 6.54 Å². The molecule has 0 heterocycles. The van der Waals surface area contributed by atoms with E-state index < -0.39 is 5.82 Å². The van der Waals surface area contributed by atoms with Crippen LogP contribution in [0.4, 0.5) is 4.39 Å². The van der Waals surface area contributed by atoms with E-state index in [1.54, 1.807) is 0 Å². The van der Waals surface area contributed by atoms with Gasteiger partial charge < -0.3 is 10.2 Å². The van der Waals surface area contributed by atoms with E-state index in [4.69, 9.17) is 11.6 Å². The molecule has 1 fully saturated rings. The van der Waals surface area contributed by atoms with Crippen molar-refractivity contribution in [3.63, 3.8) is 0 Å². The van der Waals surface area contributed by atoms with Crippen LogP contribution >= 0.6 is 11.6 Å². The van der Waals surface area contributed by atoms with Crippen LogP contribution in [0.3, 0.4) is 0 Å². The minimum atomic E-state index is -0.527. The number of amides is 2. The van der Waals surface area contributed by atoms with Crippen molar-refractivity contribution in [2.45, 2.75) is 58.4 Å². The van der Waals surface area contributed by atoms with E-state index >= 15 is 0 Å². The Balaban J connectivity index is 1.79. The molecule has 0 spiro atoms. The summed E-state index contributed by atoms with van der Waals surface area (Å²) in [5, 5.41) is 3.05. The summed E-state index contributed by atoms with van der Waals surface area (Å²) in [6, 6.07) is 3.81. The molecule has 1 aromatic carbocycles. The molecule has 1 saturated carbocycles. The van der Waals surface area contributed by atoms with Crippen LogP contribution in [0.2, 0.25) is 5.02 Å². The molecule has 30 heavy (non-hydrogen) atoms. The van der Waals surface area contributed by atoms with Gasteiger partial charge in [-0.25, -0.2) is 4.39 Å². The number of halogens is 2. The number of hydrogen-bond acceptors (Lipinski definition) is 3. The van der Waals surface area contributed by atoms with E-state index in [9.17, 15) is 14.0 Å². The van der Waals surface area contributed by atoms with Crippen molar-refractivity contribution in [3.05, 3.63) is 34.6 Å². The highest BCUT2D eigenvalue weighted by Gasteiger charge is 2.38. The maximum Gasteiger partial charge on any atom is 0.251 e. The van der Waals surface area contributed by atoms with E-state index in [-0.39, 0.29) is 33.9 Å². The Labute approximate surface area is 184 Å². The van der Waals surface area contributed by atoms with Gasteiger partial charge in [0.25, 0.3) is 5.91 Å². The van der Waals surface area contributed by atoms with Gasteiger partial charge in [-0.15, -0.1) is 0 Å². The fourth-order valence-corrected chi connectivity index (χ4v) is 3.99. The number of carbonyl (C=O) groups excluding carboxylic acids is 2. The monoisotopic (exact) mass is 439 g/mol. The average Bonchev–Trinajstić information content (AvgIpc) is 2.67. The molecule has 0 aromatic heterocycles. The summed E-state index contributed by atoms with van der Waals surface area (Å²) in [6.45, 7) is 8.92. The molecule has 2 amide bonds. The van der Waals surface area contributed by atoms with Crippen LogP contribution < -0.4 is 5.32 Å². The number of rotatable bonds is 11. The standard InChI is InChI=1S/C23H35ClFN3O2/c1-5-10-28(16-21(29)27(4)23(3)8-6-9-23)11-7-17(2)15-26-22(30)18-12-19(24)14-20(25)13-18/h12-14,17H,5-11,15-16H2,1-4H3,(H,26,30). The first kappa shape index (κ1) is 24.6. The molecule has 1 atom stereocenters. The topological polar surface area (TPSA) is 52.7 Å². The lowest BCUT2D eigenvalue weighted by atomic mass is 9.77. The number of nitrogens with one attached hydrogen (secondary N) is 1. The second-order valence-electron chi connectivity index (χ2n) is 8.84. The Morgan fingerprint density at radius 1 is 1.27 bits per heavy atom. The molecule has 0 aliphatic heterocycles. The van der Waals surface area contributed by atoms with Gasteiger partial charge in [0.2, 0.25) is 5.91 Å². The predicted molar refractivity (Wildman–Crippen MR) is 119 cm³/mol. The molecule has 0 bridgehead atoms. The molecule has 168 valence electrons. The first-order chi connectivity index (χ1) is 14.1. The maximum atomic E-state index is 13.4. The van der Waals surface area contributed by atoms with Crippen molar-refractivity contribution >= 4 is 23.4 Å². The summed E-state index contributed by atoms with van der Waals surface area (Å²) in [6.07, 6.45) is 5.20. The summed E-state index contributed by atoms with van der Waals surface area (Å²) >= 11 is 5.82. The lowest BCUT2D eigenvalue weighted by Gasteiger charge is -2.46. The fraction of sp³-hybridized carbons (Fsp3) is 0.652. The molecule has 1 aliphatic rings. The number of carbonyl (C=O) groups is 2. The molecule has 1 aliphatic carbocycles. The van der Waals surface area contributed by atoms with Crippen LogP contribution in [0.1, 0.15) is 63.2 Å². The molecule has 1 unspecified atom stereocenters. The van der Waals surface area contributed by atoms with Crippen LogP contribution in [0.5, 0.6) is 0 Å². The van der Waals surface area contributed by atoms with Crippen molar-refractivity contribution in [3.8, 4) is 0 Å². The Bertz CT molecular complexity index is 719. The number of hydrogen-bond donors (Lipinski definition) is 1. The Morgan fingerprint density at radius 2 is 1.97 bits per heavy atom. The van der Waals surface area contributed by atoms with Crippen molar-refractivity contribution in [2.75, 3.05) is 33.2 Å². The fourth-order valence-electron chi connectivity index (χ4n) is 3.77. The lowest BCUT2D eigenvalue weighted by Crippen LogP contribution is -2.54. The molecular formula is C23H35ClFN3O2. The highest BCUT2D eigenvalue weighted by atomic mass is 35.5. The zero-order valence-electron chi connectivity index (χ0n) is 18.6. The molecular weight excluding hydrogens is 405 g/mol. The zero-order valence-corrected chi connectivity index (χ0v) is 19.4. The summed E-state index contributed by atoms with van der Waals surface area (Å²) in [5.74, 6) is -0.454. The Hall–Kier alpha value is -1.66. The second kappa shape index (κ2) is 11.1. The second-order valence-corrected chi connectivity index (χ2v) is 9.28. The van der Waals surface area contributed by atoms with Gasteiger partial charge in [-0.05, 0) is 76.2 Å². The van der Waals surface area contributed by atoms with Crippen molar-refractivity contribution in [1.29, 1.82) is 0 Å². The maximum absolute atomic E-state index is 13.4. The quantitative estimate of drug-likeness (QED) is 0.557. The molecule has 7 heteroatoms. The highest BCUT2D eigenvalue weighted by molar-refractivity contribution is 6.31. The van der Waals surface area contributed by atoms with Crippen molar-refractivity contribution < 1.29 is 14.0 Å². The smallest absolute Gasteiger partial charge is 0.251 e. The van der Waals surface area contributed by atoms with Gasteiger partial charge in [0.15, 0.2) is 0 Å². The molecule has 0 radical (unpaired) electrons. The minimum absolute atomic E-state index is 0.0202. The summed E-state index contributed by atoms with van der Waals surface area (Å²) < 4.78 is 13.4.